The van der Waals surface area contributed by atoms with Gasteiger partial charge in [0.1, 0.15) is 171 Å². The van der Waals surface area contributed by atoms with Gasteiger partial charge in [-0.25, -0.2) is 0 Å². The molecule has 21 N–H and O–H groups in total. The van der Waals surface area contributed by atoms with E-state index in [1.165, 1.54) is 0 Å². The lowest BCUT2D eigenvalue weighted by Gasteiger charge is -2.50. The molecule has 35 heteroatoms. The number of hydrogen-bond donors (Lipinski definition) is 21. The van der Waals surface area contributed by atoms with Crippen LogP contribution in [0, 0.1) is 0 Å². The third kappa shape index (κ3) is 12.1. The van der Waals surface area contributed by atoms with Gasteiger partial charge in [0.2, 0.25) is 0 Å². The summed E-state index contributed by atoms with van der Waals surface area (Å²) >= 11 is 0. The van der Waals surface area contributed by atoms with Gasteiger partial charge in [0, 0.05) is 0 Å². The first kappa shape index (κ1) is 61.7. The number of rotatable bonds is 7. The van der Waals surface area contributed by atoms with Gasteiger partial charge in [0.25, 0.3) is 0 Å². The predicted molar refractivity (Wildman–Crippen MR) is 228 cm³/mol. The number of aliphatic hydroxyl groups excluding tert-OH is 21. The number of ether oxygens (including phenoxy) is 14. The average Bonchev–Trinajstić information content (AvgIpc) is 3.45. The molecule has 21 saturated heterocycles. The van der Waals surface area contributed by atoms with Crippen LogP contribution >= 0.6 is 0 Å². The van der Waals surface area contributed by atoms with Crippen LogP contribution in [0.15, 0.2) is 0 Å². The SMILES string of the molecule is OC[C@@H]1O[C@@H]2O[C@H]3[C@H](O)[C@@H](O)[C@@H](O[C@H]4[C@@H](O)[C@H](O)[C@@H](O[C@H]5[C@@H](O)[C@H](O)[C@@H](O[C@H]6[C@@H](O)[C@H](O)[C@@H](O[C@H]7[C@H](O)[C@@H](O)[C@@H](O[C@H]8[C@H](O)[C@@H](O)[C@@H](O[C@H]1[C@H](O)[C@H]2O)O[C@@H]8CO)O[C@@H]7CO)O[C@@H]6CO)O[C@@H]5CO)O[C@@H]4CO)O[C@@H]3CO. The number of aliphatic hydroxyl groups is 21. The first-order chi connectivity index (χ1) is 36.7. The van der Waals surface area contributed by atoms with Crippen molar-refractivity contribution in [3.8, 4) is 0 Å². The molecule has 77 heavy (non-hydrogen) atoms. The molecular formula is C42H70O35. The molecule has 0 saturated carbocycles. The highest BCUT2D eigenvalue weighted by molar-refractivity contribution is 5.01. The topological polar surface area (TPSA) is 554 Å². The largest absolute Gasteiger partial charge is 0.394 e. The molecular weight excluding hydrogens is 1060 g/mol. The molecule has 0 unspecified atom stereocenters. The van der Waals surface area contributed by atoms with Crippen LogP contribution in [0.4, 0.5) is 0 Å². The summed E-state index contributed by atoms with van der Waals surface area (Å²) in [6, 6.07) is 0. The van der Waals surface area contributed by atoms with Crippen LogP contribution in [0.1, 0.15) is 0 Å². The molecule has 21 rings (SSSR count). The van der Waals surface area contributed by atoms with Crippen LogP contribution in [0.25, 0.3) is 0 Å². The second kappa shape index (κ2) is 26.0. The van der Waals surface area contributed by atoms with Gasteiger partial charge in [-0.15, -0.1) is 0 Å². The molecule has 21 aliphatic rings. The van der Waals surface area contributed by atoms with Crippen molar-refractivity contribution in [3.05, 3.63) is 0 Å². The van der Waals surface area contributed by atoms with Crippen LogP contribution in [-0.2, 0) is 66.3 Å². The van der Waals surface area contributed by atoms with E-state index in [-0.39, 0.29) is 0 Å². The molecule has 21 aliphatic heterocycles. The van der Waals surface area contributed by atoms with Gasteiger partial charge in [0.05, 0.1) is 46.2 Å². The van der Waals surface area contributed by atoms with Crippen molar-refractivity contribution in [2.45, 2.75) is 215 Å². The minimum atomic E-state index is -2.21. The summed E-state index contributed by atoms with van der Waals surface area (Å²) in [6.07, 6.45) is -70.2. The molecule has 21 fully saturated rings. The second-order valence-corrected chi connectivity index (χ2v) is 19.7. The lowest BCUT2D eigenvalue weighted by Crippen LogP contribution is -2.68. The Labute approximate surface area is 434 Å². The zero-order valence-corrected chi connectivity index (χ0v) is 40.3. The molecule has 0 aromatic heterocycles. The van der Waals surface area contributed by atoms with E-state index in [1.807, 2.05) is 0 Å². The highest BCUT2D eigenvalue weighted by atomic mass is 16.8. The van der Waals surface area contributed by atoms with E-state index in [1.54, 1.807) is 0 Å². The Kier molecular flexibility index (Phi) is 20.8. The lowest BCUT2D eigenvalue weighted by atomic mass is 9.95. The fourth-order valence-corrected chi connectivity index (χ4v) is 10.4. The fourth-order valence-electron chi connectivity index (χ4n) is 10.4. The van der Waals surface area contributed by atoms with Crippen LogP contribution in [0.3, 0.4) is 0 Å². The lowest BCUT2D eigenvalue weighted by molar-refractivity contribution is -0.396. The van der Waals surface area contributed by atoms with Crippen LogP contribution < -0.4 is 0 Å². The maximum atomic E-state index is 11.3. The molecule has 0 radical (unpaired) electrons. The van der Waals surface area contributed by atoms with Gasteiger partial charge < -0.3 is 174 Å². The molecule has 0 amide bonds. The summed E-state index contributed by atoms with van der Waals surface area (Å²) in [5, 5.41) is 230. The third-order valence-corrected chi connectivity index (χ3v) is 14.8. The van der Waals surface area contributed by atoms with E-state index >= 15 is 0 Å². The Morgan fingerprint density at radius 3 is 0.351 bits per heavy atom. The Balaban J connectivity index is 1.08. The van der Waals surface area contributed by atoms with Crippen molar-refractivity contribution in [2.24, 2.45) is 0 Å². The Hall–Kier alpha value is -1.40. The Morgan fingerprint density at radius 1 is 0.156 bits per heavy atom. The predicted octanol–water partition coefficient (Wildman–Crippen LogP) is -15.2. The molecule has 448 valence electrons. The van der Waals surface area contributed by atoms with E-state index in [2.05, 4.69) is 0 Å². The Bertz CT molecular complexity index is 1470. The minimum absolute atomic E-state index is 1.05. The van der Waals surface area contributed by atoms with Crippen molar-refractivity contribution < 1.29 is 174 Å². The Morgan fingerprint density at radius 2 is 0.260 bits per heavy atom. The monoisotopic (exact) mass is 1130 g/mol. The van der Waals surface area contributed by atoms with E-state index in [9.17, 15) is 107 Å². The summed E-state index contributed by atoms with van der Waals surface area (Å²) in [4.78, 5) is 0. The molecule has 0 aromatic carbocycles. The highest BCUT2D eigenvalue weighted by Gasteiger charge is 2.59. The summed E-state index contributed by atoms with van der Waals surface area (Å²) in [5.41, 5.74) is 0. The van der Waals surface area contributed by atoms with Crippen molar-refractivity contribution in [1.29, 1.82) is 0 Å². The highest BCUT2D eigenvalue weighted by Crippen LogP contribution is 2.39. The van der Waals surface area contributed by atoms with E-state index in [4.69, 9.17) is 66.3 Å². The standard InChI is InChI=1S/C42H70O35/c43-1-8-29-15(50)22(57)36(64-8)72-30-9(2-44)66-38(24(59)17(30)52)74-32-11(4-46)68-40(26(61)19(32)54)76-34-13(6-48)70-42(28(63)21(34)56)77-35-14(7-49)69-41(27(62)20(35)55)75-33-12(5-47)67-39(25(60)18(33)53)73-31-10(3-45)65-37(71-29)23(58)16(31)51/h8-63H,1-7H2/t8-,9-,10-,11-,12-,13-,14+,15+,16+,17+,18-,19-,20-,21-,22+,23+,24+,25-,26-,27-,28-,29-,30-,31-,32-,33-,34-,35-,36-,37-,38-,39-,40-,41-,42-/m1/s1. The van der Waals surface area contributed by atoms with E-state index in [0.717, 1.165) is 0 Å². The van der Waals surface area contributed by atoms with E-state index in [0.29, 0.717) is 0 Å². The van der Waals surface area contributed by atoms with Gasteiger partial charge in [-0.1, -0.05) is 0 Å². The van der Waals surface area contributed by atoms with Gasteiger partial charge >= 0.3 is 0 Å². The fraction of sp³-hybridized carbons (Fsp3) is 1.00. The molecule has 35 atom stereocenters. The van der Waals surface area contributed by atoms with Crippen LogP contribution in [0.5, 0.6) is 0 Å². The van der Waals surface area contributed by atoms with Crippen molar-refractivity contribution in [3.63, 3.8) is 0 Å². The smallest absolute Gasteiger partial charge is 0.187 e. The second-order valence-electron chi connectivity index (χ2n) is 19.7. The number of hydrogen-bond acceptors (Lipinski definition) is 35. The molecule has 35 nitrogen and oxygen atoms in total. The molecule has 0 aliphatic carbocycles. The molecule has 14 bridgehead atoms. The van der Waals surface area contributed by atoms with Gasteiger partial charge in [-0.2, -0.15) is 0 Å². The van der Waals surface area contributed by atoms with E-state index < -0.39 is 261 Å². The van der Waals surface area contributed by atoms with Gasteiger partial charge in [0.15, 0.2) is 44.0 Å². The molecule has 21 heterocycles. The van der Waals surface area contributed by atoms with Gasteiger partial charge in [-0.05, 0) is 0 Å². The molecule has 0 aromatic rings. The summed E-state index contributed by atoms with van der Waals surface area (Å²) in [6.45, 7) is -7.33. The quantitative estimate of drug-likeness (QED) is 0.113. The summed E-state index contributed by atoms with van der Waals surface area (Å²) < 4.78 is 79.5. The first-order valence-corrected chi connectivity index (χ1v) is 24.6. The zero-order chi connectivity index (χ0) is 56.1. The summed E-state index contributed by atoms with van der Waals surface area (Å²) in [5.74, 6) is 0. The zero-order valence-electron chi connectivity index (χ0n) is 40.3. The van der Waals surface area contributed by atoms with Gasteiger partial charge in [-0.3, -0.25) is 0 Å². The van der Waals surface area contributed by atoms with Crippen molar-refractivity contribution in [2.75, 3.05) is 46.2 Å². The molecule has 0 spiro atoms. The first-order valence-electron chi connectivity index (χ1n) is 24.6. The maximum absolute atomic E-state index is 11.3. The summed E-state index contributed by atoms with van der Waals surface area (Å²) in [7, 11) is 0. The normalized spacial score (nSPS) is 55.4. The van der Waals surface area contributed by atoms with Crippen LogP contribution in [-0.4, -0.2) is 368 Å². The average molecular weight is 1130 g/mol. The van der Waals surface area contributed by atoms with Crippen LogP contribution in [0.2, 0.25) is 0 Å². The van der Waals surface area contributed by atoms with Crippen molar-refractivity contribution in [1.82, 2.24) is 0 Å². The third-order valence-electron chi connectivity index (χ3n) is 14.8. The van der Waals surface area contributed by atoms with Crippen molar-refractivity contribution >= 4 is 0 Å². The minimum Gasteiger partial charge on any atom is -0.394 e. The maximum Gasteiger partial charge on any atom is 0.187 e.